The van der Waals surface area contributed by atoms with Crippen LogP contribution in [-0.4, -0.2) is 29.9 Å². The van der Waals surface area contributed by atoms with Crippen molar-refractivity contribution in [3.05, 3.63) is 0 Å². The van der Waals surface area contributed by atoms with Crippen LogP contribution in [0.5, 0.6) is 0 Å². The van der Waals surface area contributed by atoms with Gasteiger partial charge in [-0.2, -0.15) is 11.8 Å². The fourth-order valence-corrected chi connectivity index (χ4v) is 2.77. The van der Waals surface area contributed by atoms with E-state index in [9.17, 15) is 14.7 Å². The molecule has 0 aliphatic heterocycles. The van der Waals surface area contributed by atoms with E-state index in [0.717, 1.165) is 25.7 Å². The molecule has 1 atom stereocenters. The Kier molecular flexibility index (Phi) is 6.54. The summed E-state index contributed by atoms with van der Waals surface area (Å²) in [5, 5.41) is 13.6. The predicted octanol–water partition coefficient (Wildman–Crippen LogP) is 0.800. The monoisotopic (exact) mass is 272 g/mol. The molecule has 4 nitrogen and oxygen atoms in total. The van der Waals surface area contributed by atoms with Gasteiger partial charge >= 0.3 is 0 Å². The van der Waals surface area contributed by atoms with Crippen LogP contribution < -0.4 is 10.4 Å². The van der Waals surface area contributed by atoms with E-state index >= 15 is 0 Å². The minimum atomic E-state index is -1.18. The van der Waals surface area contributed by atoms with E-state index in [1.165, 1.54) is 0 Å². The summed E-state index contributed by atoms with van der Waals surface area (Å²) in [5.74, 6) is 0.0826. The lowest BCUT2D eigenvalue weighted by Crippen LogP contribution is -2.50. The first-order valence-corrected chi connectivity index (χ1v) is 7.94. The molecule has 1 N–H and O–H groups in total. The molecule has 1 fully saturated rings. The minimum Gasteiger partial charge on any atom is -0.548 e. The third-order valence-electron chi connectivity index (χ3n) is 3.60. The Balaban J connectivity index is 2.42. The maximum atomic E-state index is 12.0. The van der Waals surface area contributed by atoms with Crippen molar-refractivity contribution in [1.82, 2.24) is 5.32 Å². The molecule has 1 saturated carbocycles. The number of carboxylic acids is 1. The van der Waals surface area contributed by atoms with Crippen LogP contribution in [0.1, 0.15) is 39.0 Å². The molecule has 0 aromatic heterocycles. The molecule has 1 amide bonds. The van der Waals surface area contributed by atoms with Crippen LogP contribution in [0.3, 0.4) is 0 Å². The summed E-state index contributed by atoms with van der Waals surface area (Å²) in [6.45, 7) is 2.19. The molecule has 0 spiro atoms. The van der Waals surface area contributed by atoms with Crippen LogP contribution in [0.2, 0.25) is 0 Å². The van der Waals surface area contributed by atoms with E-state index in [0.29, 0.717) is 18.1 Å². The average Bonchev–Trinajstić information content (AvgIpc) is 2.34. The fourth-order valence-electron chi connectivity index (χ4n) is 2.30. The summed E-state index contributed by atoms with van der Waals surface area (Å²) in [6.07, 6.45) is 6.19. The first-order valence-electron chi connectivity index (χ1n) is 6.54. The van der Waals surface area contributed by atoms with E-state index < -0.39 is 12.0 Å². The number of nitrogens with one attached hydrogen (secondary N) is 1. The van der Waals surface area contributed by atoms with E-state index in [2.05, 4.69) is 12.2 Å². The summed E-state index contributed by atoms with van der Waals surface area (Å²) >= 11 is 1.57. The van der Waals surface area contributed by atoms with Gasteiger partial charge in [-0.15, -0.1) is 0 Å². The highest BCUT2D eigenvalue weighted by Gasteiger charge is 2.26. The van der Waals surface area contributed by atoms with Crippen LogP contribution in [0, 0.1) is 11.8 Å². The topological polar surface area (TPSA) is 69.2 Å². The van der Waals surface area contributed by atoms with Gasteiger partial charge in [0, 0.05) is 5.92 Å². The van der Waals surface area contributed by atoms with Gasteiger partial charge in [-0.3, -0.25) is 4.79 Å². The molecule has 18 heavy (non-hydrogen) atoms. The molecule has 0 unspecified atom stereocenters. The standard InChI is InChI=1S/C13H23NO3S/c1-9-3-5-10(6-4-9)12(15)14-11(13(16)17)7-8-18-2/h9-11H,3-8H2,1-2H3,(H,14,15)(H,16,17)/p-1/t9?,10?,11-/m0/s1. The van der Waals surface area contributed by atoms with Gasteiger partial charge in [-0.1, -0.05) is 6.92 Å². The number of carbonyl (C=O) groups is 2. The Morgan fingerprint density at radius 3 is 2.44 bits per heavy atom. The van der Waals surface area contributed by atoms with Crippen LogP contribution >= 0.6 is 11.8 Å². The Bertz CT molecular complexity index is 288. The van der Waals surface area contributed by atoms with Crippen LogP contribution in [-0.2, 0) is 9.59 Å². The van der Waals surface area contributed by atoms with Crippen molar-refractivity contribution in [3.8, 4) is 0 Å². The van der Waals surface area contributed by atoms with Gasteiger partial charge in [0.25, 0.3) is 0 Å². The highest BCUT2D eigenvalue weighted by atomic mass is 32.2. The van der Waals surface area contributed by atoms with Crippen molar-refractivity contribution in [2.75, 3.05) is 12.0 Å². The molecule has 0 radical (unpaired) electrons. The third kappa shape index (κ3) is 4.88. The summed E-state index contributed by atoms with van der Waals surface area (Å²) in [7, 11) is 0. The van der Waals surface area contributed by atoms with Crippen molar-refractivity contribution in [2.24, 2.45) is 11.8 Å². The van der Waals surface area contributed by atoms with Crippen LogP contribution in [0.4, 0.5) is 0 Å². The number of hydrogen-bond donors (Lipinski definition) is 1. The predicted molar refractivity (Wildman–Crippen MR) is 71.1 cm³/mol. The molecule has 1 aliphatic rings. The molecule has 5 heteroatoms. The van der Waals surface area contributed by atoms with Gasteiger partial charge in [0.1, 0.15) is 0 Å². The van der Waals surface area contributed by atoms with E-state index in [1.807, 2.05) is 6.26 Å². The van der Waals surface area contributed by atoms with Gasteiger partial charge in [0.2, 0.25) is 5.91 Å². The Morgan fingerprint density at radius 1 is 1.33 bits per heavy atom. The Morgan fingerprint density at radius 2 is 1.94 bits per heavy atom. The quantitative estimate of drug-likeness (QED) is 0.776. The highest BCUT2D eigenvalue weighted by Crippen LogP contribution is 2.28. The Hall–Kier alpha value is -0.710. The maximum absolute atomic E-state index is 12.0. The second-order valence-electron chi connectivity index (χ2n) is 5.12. The third-order valence-corrected chi connectivity index (χ3v) is 4.24. The lowest BCUT2D eigenvalue weighted by Gasteiger charge is -2.27. The fraction of sp³-hybridized carbons (Fsp3) is 0.846. The molecule has 1 rings (SSSR count). The second kappa shape index (κ2) is 7.67. The SMILES string of the molecule is CSCC[C@H](NC(=O)C1CCC(C)CC1)C(=O)[O-]. The number of carbonyl (C=O) groups excluding carboxylic acids is 2. The zero-order chi connectivity index (χ0) is 13.5. The van der Waals surface area contributed by atoms with Gasteiger partial charge in [-0.05, 0) is 50.0 Å². The number of carboxylic acid groups (broad SMARTS) is 1. The normalized spacial score (nSPS) is 25.4. The Labute approximate surface area is 113 Å². The molecule has 0 aromatic carbocycles. The van der Waals surface area contributed by atoms with Crippen molar-refractivity contribution < 1.29 is 14.7 Å². The zero-order valence-electron chi connectivity index (χ0n) is 11.1. The van der Waals surface area contributed by atoms with Crippen LogP contribution in [0.25, 0.3) is 0 Å². The molecule has 104 valence electrons. The summed E-state index contributed by atoms with van der Waals surface area (Å²) in [6, 6.07) is -0.843. The molecule has 0 heterocycles. The lowest BCUT2D eigenvalue weighted by atomic mass is 9.82. The van der Waals surface area contributed by atoms with E-state index in [1.54, 1.807) is 11.8 Å². The molecule has 0 aromatic rings. The van der Waals surface area contributed by atoms with Crippen molar-refractivity contribution in [2.45, 2.75) is 45.1 Å². The second-order valence-corrected chi connectivity index (χ2v) is 6.10. The van der Waals surface area contributed by atoms with E-state index in [-0.39, 0.29) is 11.8 Å². The molecule has 0 bridgehead atoms. The number of thioether (sulfide) groups is 1. The first-order chi connectivity index (χ1) is 8.54. The smallest absolute Gasteiger partial charge is 0.223 e. The van der Waals surface area contributed by atoms with Gasteiger partial charge in [0.15, 0.2) is 0 Å². The number of hydrogen-bond acceptors (Lipinski definition) is 4. The molecular formula is C13H22NO3S-. The molecule has 1 aliphatic carbocycles. The number of rotatable bonds is 6. The largest absolute Gasteiger partial charge is 0.548 e. The van der Waals surface area contributed by atoms with E-state index in [4.69, 9.17) is 0 Å². The zero-order valence-corrected chi connectivity index (χ0v) is 11.9. The summed E-state index contributed by atoms with van der Waals surface area (Å²) < 4.78 is 0. The van der Waals surface area contributed by atoms with Crippen molar-refractivity contribution >= 4 is 23.6 Å². The molecule has 0 saturated heterocycles. The average molecular weight is 272 g/mol. The first kappa shape index (κ1) is 15.3. The summed E-state index contributed by atoms with van der Waals surface area (Å²) in [5.41, 5.74) is 0. The minimum absolute atomic E-state index is 0.0164. The number of amides is 1. The van der Waals surface area contributed by atoms with Gasteiger partial charge in [0.05, 0.1) is 12.0 Å². The van der Waals surface area contributed by atoms with Gasteiger partial charge < -0.3 is 15.2 Å². The maximum Gasteiger partial charge on any atom is 0.223 e. The van der Waals surface area contributed by atoms with Gasteiger partial charge in [-0.25, -0.2) is 0 Å². The number of aliphatic carboxylic acids is 1. The molecular weight excluding hydrogens is 250 g/mol. The van der Waals surface area contributed by atoms with Crippen LogP contribution in [0.15, 0.2) is 0 Å². The van der Waals surface area contributed by atoms with Crippen molar-refractivity contribution in [1.29, 1.82) is 0 Å². The van der Waals surface area contributed by atoms with Crippen molar-refractivity contribution in [3.63, 3.8) is 0 Å². The lowest BCUT2D eigenvalue weighted by molar-refractivity contribution is -0.308. The highest BCUT2D eigenvalue weighted by molar-refractivity contribution is 7.98. The summed E-state index contributed by atoms with van der Waals surface area (Å²) in [4.78, 5) is 22.9.